The first-order valence-corrected chi connectivity index (χ1v) is 10.2. The Kier molecular flexibility index (Phi) is 8.44. The highest BCUT2D eigenvalue weighted by Gasteiger charge is 2.06. The standard InChI is InChI=1S/C21H29BrO2/c1-3-23-19-11-12-20-17(2)21(13-10-18(20)16-19)24-15-9-7-5-4-6-8-14-22/h10-13,16H,3-9,14-15H2,1-2H3. The van der Waals surface area contributed by atoms with Crippen molar-refractivity contribution >= 4 is 26.7 Å². The van der Waals surface area contributed by atoms with Gasteiger partial charge in [0.25, 0.3) is 0 Å². The predicted octanol–water partition coefficient (Wildman–Crippen LogP) is 6.66. The monoisotopic (exact) mass is 392 g/mol. The Morgan fingerprint density at radius 2 is 1.62 bits per heavy atom. The second kappa shape index (κ2) is 10.6. The zero-order valence-corrected chi connectivity index (χ0v) is 16.5. The second-order valence-corrected chi connectivity index (χ2v) is 6.96. The van der Waals surface area contributed by atoms with Gasteiger partial charge in [0.2, 0.25) is 0 Å². The molecule has 0 atom stereocenters. The van der Waals surface area contributed by atoms with Gasteiger partial charge in [0, 0.05) is 5.33 Å². The molecule has 0 heterocycles. The van der Waals surface area contributed by atoms with Gasteiger partial charge in [0.1, 0.15) is 11.5 Å². The maximum Gasteiger partial charge on any atom is 0.122 e. The number of alkyl halides is 1. The van der Waals surface area contributed by atoms with Crippen LogP contribution in [0, 0.1) is 6.92 Å². The number of benzene rings is 2. The normalized spacial score (nSPS) is 11.0. The minimum Gasteiger partial charge on any atom is -0.494 e. The van der Waals surface area contributed by atoms with E-state index in [9.17, 15) is 0 Å². The Morgan fingerprint density at radius 3 is 2.38 bits per heavy atom. The lowest BCUT2D eigenvalue weighted by molar-refractivity contribution is 0.303. The van der Waals surface area contributed by atoms with Gasteiger partial charge in [-0.3, -0.25) is 0 Å². The molecule has 132 valence electrons. The third-order valence-corrected chi connectivity index (χ3v) is 4.87. The van der Waals surface area contributed by atoms with Crippen molar-refractivity contribution in [2.24, 2.45) is 0 Å². The lowest BCUT2D eigenvalue weighted by Crippen LogP contribution is -1.99. The SMILES string of the molecule is CCOc1ccc2c(C)c(OCCCCCCCCBr)ccc2c1. The van der Waals surface area contributed by atoms with E-state index in [0.29, 0.717) is 6.61 Å². The van der Waals surface area contributed by atoms with Gasteiger partial charge in [-0.05, 0) is 61.2 Å². The molecule has 2 nitrogen and oxygen atoms in total. The van der Waals surface area contributed by atoms with Crippen molar-refractivity contribution in [3.8, 4) is 11.5 Å². The summed E-state index contributed by atoms with van der Waals surface area (Å²) in [6.45, 7) is 5.65. The van der Waals surface area contributed by atoms with Gasteiger partial charge in [-0.15, -0.1) is 0 Å². The molecule has 0 radical (unpaired) electrons. The molecule has 0 saturated heterocycles. The highest BCUT2D eigenvalue weighted by atomic mass is 79.9. The Bertz CT molecular complexity index is 625. The van der Waals surface area contributed by atoms with Gasteiger partial charge in [0.15, 0.2) is 0 Å². The molecule has 0 aliphatic rings. The molecule has 2 aromatic carbocycles. The molecule has 0 saturated carbocycles. The lowest BCUT2D eigenvalue weighted by Gasteiger charge is -2.12. The lowest BCUT2D eigenvalue weighted by atomic mass is 10.0. The summed E-state index contributed by atoms with van der Waals surface area (Å²) in [5.74, 6) is 1.93. The molecule has 0 aliphatic heterocycles. The summed E-state index contributed by atoms with van der Waals surface area (Å²) >= 11 is 3.48. The van der Waals surface area contributed by atoms with Crippen LogP contribution in [0.4, 0.5) is 0 Å². The van der Waals surface area contributed by atoms with Crippen molar-refractivity contribution < 1.29 is 9.47 Å². The number of aryl methyl sites for hydroxylation is 1. The number of hydrogen-bond acceptors (Lipinski definition) is 2. The Balaban J connectivity index is 1.84. The largest absolute Gasteiger partial charge is 0.494 e. The van der Waals surface area contributed by atoms with Crippen LogP contribution in [0.15, 0.2) is 30.3 Å². The molecule has 3 heteroatoms. The van der Waals surface area contributed by atoms with Gasteiger partial charge in [-0.2, -0.15) is 0 Å². The highest BCUT2D eigenvalue weighted by molar-refractivity contribution is 9.09. The average molecular weight is 393 g/mol. The third kappa shape index (κ3) is 5.70. The molecule has 0 bridgehead atoms. The molecule has 0 unspecified atom stereocenters. The summed E-state index contributed by atoms with van der Waals surface area (Å²) in [7, 11) is 0. The van der Waals surface area contributed by atoms with E-state index in [1.54, 1.807) is 0 Å². The van der Waals surface area contributed by atoms with E-state index in [0.717, 1.165) is 29.9 Å². The van der Waals surface area contributed by atoms with Crippen molar-refractivity contribution in [1.82, 2.24) is 0 Å². The summed E-state index contributed by atoms with van der Waals surface area (Å²) in [6, 6.07) is 10.5. The number of ether oxygens (including phenoxy) is 2. The van der Waals surface area contributed by atoms with E-state index in [4.69, 9.17) is 9.47 Å². The van der Waals surface area contributed by atoms with Crippen molar-refractivity contribution in [2.75, 3.05) is 18.5 Å². The van der Waals surface area contributed by atoms with Crippen LogP contribution in [0.3, 0.4) is 0 Å². The molecular formula is C21H29BrO2. The van der Waals surface area contributed by atoms with Crippen LogP contribution < -0.4 is 9.47 Å². The van der Waals surface area contributed by atoms with Crippen LogP contribution in [0.5, 0.6) is 11.5 Å². The molecule has 0 aromatic heterocycles. The number of rotatable bonds is 11. The van der Waals surface area contributed by atoms with Crippen molar-refractivity contribution in [2.45, 2.75) is 52.4 Å². The fraction of sp³-hybridized carbons (Fsp3) is 0.524. The van der Waals surface area contributed by atoms with E-state index in [1.165, 1.54) is 48.4 Å². The van der Waals surface area contributed by atoms with E-state index < -0.39 is 0 Å². The zero-order valence-electron chi connectivity index (χ0n) is 14.9. The number of unbranched alkanes of at least 4 members (excludes halogenated alkanes) is 5. The summed E-state index contributed by atoms with van der Waals surface area (Å²) in [4.78, 5) is 0. The molecule has 24 heavy (non-hydrogen) atoms. The molecule has 0 N–H and O–H groups in total. The molecule has 0 spiro atoms. The van der Waals surface area contributed by atoms with Crippen molar-refractivity contribution in [3.63, 3.8) is 0 Å². The minimum atomic E-state index is 0.696. The van der Waals surface area contributed by atoms with Gasteiger partial charge in [-0.1, -0.05) is 53.7 Å². The zero-order chi connectivity index (χ0) is 17.2. The molecular weight excluding hydrogens is 364 g/mol. The summed E-state index contributed by atoms with van der Waals surface area (Å²) in [6.07, 6.45) is 7.66. The number of hydrogen-bond donors (Lipinski definition) is 0. The smallest absolute Gasteiger partial charge is 0.122 e. The van der Waals surface area contributed by atoms with Crippen molar-refractivity contribution in [1.29, 1.82) is 0 Å². The van der Waals surface area contributed by atoms with Crippen LogP contribution >= 0.6 is 15.9 Å². The molecule has 2 aromatic rings. The fourth-order valence-electron chi connectivity index (χ4n) is 2.94. The number of fused-ring (bicyclic) bond motifs is 1. The first kappa shape index (κ1) is 19.1. The summed E-state index contributed by atoms with van der Waals surface area (Å²) < 4.78 is 11.6. The maximum atomic E-state index is 6.01. The van der Waals surface area contributed by atoms with E-state index in [1.807, 2.05) is 13.0 Å². The highest BCUT2D eigenvalue weighted by Crippen LogP contribution is 2.30. The third-order valence-electron chi connectivity index (χ3n) is 4.31. The second-order valence-electron chi connectivity index (χ2n) is 6.16. The van der Waals surface area contributed by atoms with Crippen LogP contribution in [0.25, 0.3) is 10.8 Å². The quantitative estimate of drug-likeness (QED) is 0.314. The van der Waals surface area contributed by atoms with Crippen LogP contribution in [-0.4, -0.2) is 18.5 Å². The first-order chi connectivity index (χ1) is 11.8. The van der Waals surface area contributed by atoms with Gasteiger partial charge in [-0.25, -0.2) is 0 Å². The van der Waals surface area contributed by atoms with Gasteiger partial charge in [0.05, 0.1) is 13.2 Å². The molecule has 2 rings (SSSR count). The van der Waals surface area contributed by atoms with Crippen LogP contribution in [0.2, 0.25) is 0 Å². The van der Waals surface area contributed by atoms with Crippen LogP contribution in [0.1, 0.15) is 51.0 Å². The molecule has 0 aliphatic carbocycles. The molecule has 0 fully saturated rings. The maximum absolute atomic E-state index is 6.01. The molecule has 0 amide bonds. The topological polar surface area (TPSA) is 18.5 Å². The van der Waals surface area contributed by atoms with E-state index in [2.05, 4.69) is 47.1 Å². The Morgan fingerprint density at radius 1 is 0.875 bits per heavy atom. The minimum absolute atomic E-state index is 0.696. The predicted molar refractivity (Wildman–Crippen MR) is 107 cm³/mol. The first-order valence-electron chi connectivity index (χ1n) is 9.11. The van der Waals surface area contributed by atoms with Crippen LogP contribution in [-0.2, 0) is 0 Å². The fourth-order valence-corrected chi connectivity index (χ4v) is 3.34. The van der Waals surface area contributed by atoms with E-state index in [-0.39, 0.29) is 0 Å². The van der Waals surface area contributed by atoms with Gasteiger partial charge >= 0.3 is 0 Å². The average Bonchev–Trinajstić information content (AvgIpc) is 2.59. The summed E-state index contributed by atoms with van der Waals surface area (Å²) in [5.41, 5.74) is 1.22. The van der Waals surface area contributed by atoms with Gasteiger partial charge < -0.3 is 9.47 Å². The van der Waals surface area contributed by atoms with Crippen molar-refractivity contribution in [3.05, 3.63) is 35.9 Å². The van der Waals surface area contributed by atoms with E-state index >= 15 is 0 Å². The number of halogens is 1. The summed E-state index contributed by atoms with van der Waals surface area (Å²) in [5, 5.41) is 3.58. The Labute approximate surface area is 154 Å². The Hall–Kier alpha value is -1.22.